The zero-order valence-electron chi connectivity index (χ0n) is 10.5. The van der Waals surface area contributed by atoms with Gasteiger partial charge in [-0.3, -0.25) is 4.79 Å². The molecule has 1 aromatic carbocycles. The van der Waals surface area contributed by atoms with Gasteiger partial charge in [0.2, 0.25) is 5.91 Å². The molecule has 2 atom stereocenters. The van der Waals surface area contributed by atoms with E-state index < -0.39 is 0 Å². The van der Waals surface area contributed by atoms with Crippen LogP contribution in [-0.2, 0) is 4.79 Å². The monoisotopic (exact) mass is 268 g/mol. The van der Waals surface area contributed by atoms with Crippen LogP contribution >= 0.6 is 11.6 Å². The van der Waals surface area contributed by atoms with Crippen LogP contribution in [0.15, 0.2) is 18.2 Å². The topological polar surface area (TPSA) is 50.4 Å². The molecule has 0 radical (unpaired) electrons. The van der Waals surface area contributed by atoms with Gasteiger partial charge in [0, 0.05) is 12.6 Å². The molecule has 1 aromatic rings. The number of amides is 1. The first-order valence-corrected chi connectivity index (χ1v) is 6.34. The van der Waals surface area contributed by atoms with E-state index in [1.165, 1.54) is 0 Å². The molecule has 4 nitrogen and oxygen atoms in total. The van der Waals surface area contributed by atoms with Gasteiger partial charge in [0.05, 0.1) is 23.7 Å². The zero-order chi connectivity index (χ0) is 13.1. The molecule has 0 bridgehead atoms. The smallest absolute Gasteiger partial charge is 0.229 e. The minimum atomic E-state index is -0.00716. The largest absolute Gasteiger partial charge is 0.497 e. The Morgan fingerprint density at radius 1 is 1.50 bits per heavy atom. The number of ether oxygens (including phenoxy) is 1. The molecule has 0 aliphatic carbocycles. The highest BCUT2D eigenvalue weighted by molar-refractivity contribution is 6.33. The lowest BCUT2D eigenvalue weighted by Gasteiger charge is -2.15. The van der Waals surface area contributed by atoms with Crippen molar-refractivity contribution < 1.29 is 9.53 Å². The number of hydrogen-bond acceptors (Lipinski definition) is 3. The van der Waals surface area contributed by atoms with Gasteiger partial charge in [-0.25, -0.2) is 0 Å². The molecule has 5 heteroatoms. The van der Waals surface area contributed by atoms with Crippen LogP contribution in [0.3, 0.4) is 0 Å². The van der Waals surface area contributed by atoms with Crippen LogP contribution in [0.25, 0.3) is 0 Å². The minimum Gasteiger partial charge on any atom is -0.497 e. The summed E-state index contributed by atoms with van der Waals surface area (Å²) in [5.41, 5.74) is 0.597. The van der Waals surface area contributed by atoms with Gasteiger partial charge in [-0.15, -0.1) is 0 Å². The number of anilines is 1. The van der Waals surface area contributed by atoms with E-state index >= 15 is 0 Å². The molecule has 0 spiro atoms. The predicted molar refractivity (Wildman–Crippen MR) is 72.2 cm³/mol. The summed E-state index contributed by atoms with van der Waals surface area (Å²) >= 11 is 6.05. The summed E-state index contributed by atoms with van der Waals surface area (Å²) in [7, 11) is 1.58. The van der Waals surface area contributed by atoms with Crippen LogP contribution in [0.2, 0.25) is 5.02 Å². The molecular weight excluding hydrogens is 252 g/mol. The van der Waals surface area contributed by atoms with Crippen molar-refractivity contribution in [2.24, 2.45) is 11.8 Å². The van der Waals surface area contributed by atoms with Crippen molar-refractivity contribution >= 4 is 23.2 Å². The van der Waals surface area contributed by atoms with Gasteiger partial charge in [0.15, 0.2) is 0 Å². The van der Waals surface area contributed by atoms with Crippen LogP contribution in [-0.4, -0.2) is 26.1 Å². The summed E-state index contributed by atoms with van der Waals surface area (Å²) < 4.78 is 5.12. The van der Waals surface area contributed by atoms with Crippen molar-refractivity contribution in [3.05, 3.63) is 23.2 Å². The average molecular weight is 269 g/mol. The van der Waals surface area contributed by atoms with Crippen molar-refractivity contribution in [2.75, 3.05) is 25.5 Å². The van der Waals surface area contributed by atoms with Gasteiger partial charge in [-0.1, -0.05) is 18.5 Å². The maximum atomic E-state index is 12.1. The molecular formula is C13H17ClN2O2. The van der Waals surface area contributed by atoms with Crippen molar-refractivity contribution in [1.29, 1.82) is 0 Å². The Balaban J connectivity index is 2.11. The van der Waals surface area contributed by atoms with E-state index in [-0.39, 0.29) is 11.8 Å². The standard InChI is InChI=1S/C13H17ClN2O2/c1-8-6-15-7-10(8)13(17)16-12-5-9(18-2)3-4-11(12)14/h3-5,8,10,15H,6-7H2,1-2H3,(H,16,17). The Hall–Kier alpha value is -1.26. The van der Waals surface area contributed by atoms with Crippen LogP contribution < -0.4 is 15.4 Å². The molecule has 0 aromatic heterocycles. The molecule has 2 N–H and O–H groups in total. The van der Waals surface area contributed by atoms with Crippen LogP contribution in [0.1, 0.15) is 6.92 Å². The Labute approximate surface area is 112 Å². The fourth-order valence-electron chi connectivity index (χ4n) is 2.11. The first kappa shape index (κ1) is 13.2. The first-order valence-electron chi connectivity index (χ1n) is 5.97. The third-order valence-corrected chi connectivity index (χ3v) is 3.62. The van der Waals surface area contributed by atoms with Gasteiger partial charge in [-0.2, -0.15) is 0 Å². The minimum absolute atomic E-state index is 0.00246. The van der Waals surface area contributed by atoms with Gasteiger partial charge in [-0.05, 0) is 24.6 Å². The Morgan fingerprint density at radius 2 is 2.28 bits per heavy atom. The number of methoxy groups -OCH3 is 1. The maximum absolute atomic E-state index is 12.1. The Morgan fingerprint density at radius 3 is 2.89 bits per heavy atom. The van der Waals surface area contributed by atoms with E-state index in [0.29, 0.717) is 28.9 Å². The van der Waals surface area contributed by atoms with Crippen molar-refractivity contribution in [2.45, 2.75) is 6.92 Å². The third kappa shape index (κ3) is 2.76. The fraction of sp³-hybridized carbons (Fsp3) is 0.462. The van der Waals surface area contributed by atoms with Gasteiger partial charge in [0.1, 0.15) is 5.75 Å². The fourth-order valence-corrected chi connectivity index (χ4v) is 2.28. The lowest BCUT2D eigenvalue weighted by atomic mass is 9.97. The lowest BCUT2D eigenvalue weighted by molar-refractivity contribution is -0.120. The highest BCUT2D eigenvalue weighted by Gasteiger charge is 2.29. The lowest BCUT2D eigenvalue weighted by Crippen LogP contribution is -2.27. The van der Waals surface area contributed by atoms with Gasteiger partial charge >= 0.3 is 0 Å². The molecule has 2 unspecified atom stereocenters. The van der Waals surface area contributed by atoms with Crippen molar-refractivity contribution in [3.63, 3.8) is 0 Å². The second kappa shape index (κ2) is 5.59. The summed E-state index contributed by atoms with van der Waals surface area (Å²) in [5, 5.41) is 6.59. The summed E-state index contributed by atoms with van der Waals surface area (Å²) in [6.45, 7) is 3.66. The third-order valence-electron chi connectivity index (χ3n) is 3.29. The summed E-state index contributed by atoms with van der Waals surface area (Å²) in [6, 6.07) is 5.21. The molecule has 1 fully saturated rings. The second-order valence-corrected chi connectivity index (χ2v) is 4.98. The Bertz CT molecular complexity index is 451. The zero-order valence-corrected chi connectivity index (χ0v) is 11.3. The number of rotatable bonds is 3. The van der Waals surface area contributed by atoms with E-state index in [1.54, 1.807) is 25.3 Å². The molecule has 1 heterocycles. The van der Waals surface area contributed by atoms with Gasteiger partial charge < -0.3 is 15.4 Å². The second-order valence-electron chi connectivity index (χ2n) is 4.58. The predicted octanol–water partition coefficient (Wildman–Crippen LogP) is 2.14. The Kier molecular flexibility index (Phi) is 4.09. The van der Waals surface area contributed by atoms with E-state index in [2.05, 4.69) is 17.6 Å². The normalized spacial score (nSPS) is 22.8. The highest BCUT2D eigenvalue weighted by atomic mass is 35.5. The SMILES string of the molecule is COc1ccc(Cl)c(NC(=O)C2CNCC2C)c1. The number of carbonyl (C=O) groups is 1. The molecule has 2 rings (SSSR count). The van der Waals surface area contributed by atoms with Gasteiger partial charge in [0.25, 0.3) is 0 Å². The van der Waals surface area contributed by atoms with Crippen LogP contribution in [0, 0.1) is 11.8 Å². The summed E-state index contributed by atoms with van der Waals surface area (Å²) in [4.78, 5) is 12.1. The number of nitrogens with one attached hydrogen (secondary N) is 2. The first-order chi connectivity index (χ1) is 8.61. The molecule has 18 heavy (non-hydrogen) atoms. The average Bonchev–Trinajstić information content (AvgIpc) is 2.78. The summed E-state index contributed by atoms with van der Waals surface area (Å²) in [6.07, 6.45) is 0. The number of halogens is 1. The van der Waals surface area contributed by atoms with E-state index in [1.807, 2.05) is 0 Å². The number of hydrogen-bond donors (Lipinski definition) is 2. The molecule has 1 aliphatic rings. The van der Waals surface area contributed by atoms with E-state index in [0.717, 1.165) is 6.54 Å². The van der Waals surface area contributed by atoms with E-state index in [4.69, 9.17) is 16.3 Å². The molecule has 1 aliphatic heterocycles. The highest BCUT2D eigenvalue weighted by Crippen LogP contribution is 2.28. The van der Waals surface area contributed by atoms with Crippen LogP contribution in [0.4, 0.5) is 5.69 Å². The molecule has 98 valence electrons. The van der Waals surface area contributed by atoms with E-state index in [9.17, 15) is 4.79 Å². The maximum Gasteiger partial charge on any atom is 0.229 e. The number of benzene rings is 1. The van der Waals surface area contributed by atoms with Crippen molar-refractivity contribution in [3.8, 4) is 5.75 Å². The van der Waals surface area contributed by atoms with Crippen molar-refractivity contribution in [1.82, 2.24) is 5.32 Å². The summed E-state index contributed by atoms with van der Waals surface area (Å²) in [5.74, 6) is 1.01. The molecule has 1 saturated heterocycles. The van der Waals surface area contributed by atoms with Crippen LogP contribution in [0.5, 0.6) is 5.75 Å². The molecule has 1 amide bonds. The molecule has 0 saturated carbocycles. The quantitative estimate of drug-likeness (QED) is 0.883. The number of carbonyl (C=O) groups excluding carboxylic acids is 1.